The lowest BCUT2D eigenvalue weighted by Crippen LogP contribution is -2.32. The Balaban J connectivity index is 1.60. The summed E-state index contributed by atoms with van der Waals surface area (Å²) in [7, 11) is 5.42. The molecular weight excluding hydrogens is 422 g/mol. The van der Waals surface area contributed by atoms with E-state index < -0.39 is 0 Å². The molecule has 2 heterocycles. The van der Waals surface area contributed by atoms with Crippen LogP contribution in [0, 0.1) is 0 Å². The molecule has 0 bridgehead atoms. The van der Waals surface area contributed by atoms with Crippen LogP contribution in [0.25, 0.3) is 22.3 Å². The molecule has 4 rings (SSSR count). The molecule has 1 amide bonds. The summed E-state index contributed by atoms with van der Waals surface area (Å²) in [5, 5.41) is 7.74. The van der Waals surface area contributed by atoms with Crippen molar-refractivity contribution in [1.82, 2.24) is 24.6 Å². The molecule has 0 spiro atoms. The number of ether oxygens (including phenoxy) is 1. The number of carbonyl (C=O) groups is 1. The molecule has 4 aromatic rings. The van der Waals surface area contributed by atoms with Crippen molar-refractivity contribution >= 4 is 28.7 Å². The largest absolute Gasteiger partial charge is 0.497 e. The number of nitrogens with zero attached hydrogens (tertiary/aromatic N) is 4. The topological polar surface area (TPSA) is 74.0 Å². The minimum absolute atomic E-state index is 0.169. The molecule has 0 aliphatic heterocycles. The molecule has 0 aliphatic rings. The van der Waals surface area contributed by atoms with Crippen molar-refractivity contribution in [3.8, 4) is 17.0 Å². The predicted octanol–water partition coefficient (Wildman–Crippen LogP) is 4.21. The summed E-state index contributed by atoms with van der Waals surface area (Å²) in [6.45, 7) is 0. The second-order valence-electron chi connectivity index (χ2n) is 7.59. The number of aromatic nitrogens is 4. The number of nitrogens with one attached hydrogen (secondary N) is 1. The standard InChI is InChI=1S/C24H27N5O2S/c1-28-21-8-6-5-7-18(21)25-23(28)19(13-14-32-4)26-24(30)22-15-20(27-29(22)2)16-9-11-17(31-3)12-10-16/h5-12,15,19H,13-14H2,1-4H3,(H,26,30). The molecule has 7 nitrogen and oxygen atoms in total. The maximum atomic E-state index is 13.2. The van der Waals surface area contributed by atoms with E-state index >= 15 is 0 Å². The van der Waals surface area contributed by atoms with Gasteiger partial charge >= 0.3 is 0 Å². The van der Waals surface area contributed by atoms with E-state index in [2.05, 4.69) is 21.2 Å². The molecule has 1 N–H and O–H groups in total. The third-order valence-electron chi connectivity index (χ3n) is 5.55. The van der Waals surface area contributed by atoms with Gasteiger partial charge in [0.25, 0.3) is 5.91 Å². The quantitative estimate of drug-likeness (QED) is 0.436. The Morgan fingerprint density at radius 1 is 1.16 bits per heavy atom. The Morgan fingerprint density at radius 3 is 2.59 bits per heavy atom. The highest BCUT2D eigenvalue weighted by molar-refractivity contribution is 7.98. The van der Waals surface area contributed by atoms with Gasteiger partial charge in [0.05, 0.1) is 29.9 Å². The molecule has 2 aromatic heterocycles. The van der Waals surface area contributed by atoms with E-state index in [-0.39, 0.29) is 11.9 Å². The van der Waals surface area contributed by atoms with E-state index in [0.717, 1.165) is 46.0 Å². The first-order valence-electron chi connectivity index (χ1n) is 10.4. The van der Waals surface area contributed by atoms with Crippen LogP contribution >= 0.6 is 11.8 Å². The van der Waals surface area contributed by atoms with Gasteiger partial charge in [-0.05, 0) is 60.9 Å². The highest BCUT2D eigenvalue weighted by atomic mass is 32.2. The van der Waals surface area contributed by atoms with Gasteiger partial charge in [-0.3, -0.25) is 9.48 Å². The number of fused-ring (bicyclic) bond motifs is 1. The van der Waals surface area contributed by atoms with Gasteiger partial charge in [-0.15, -0.1) is 0 Å². The molecule has 8 heteroatoms. The van der Waals surface area contributed by atoms with Crippen LogP contribution in [0.4, 0.5) is 0 Å². The summed E-state index contributed by atoms with van der Waals surface area (Å²) in [5.41, 5.74) is 4.14. The Kier molecular flexibility index (Phi) is 6.50. The van der Waals surface area contributed by atoms with Crippen molar-refractivity contribution in [3.05, 3.63) is 66.1 Å². The van der Waals surface area contributed by atoms with Gasteiger partial charge in [0, 0.05) is 19.7 Å². The highest BCUT2D eigenvalue weighted by Crippen LogP contribution is 2.25. The maximum absolute atomic E-state index is 13.2. The van der Waals surface area contributed by atoms with Gasteiger partial charge in [0.2, 0.25) is 0 Å². The first kappa shape index (κ1) is 22.0. The summed E-state index contributed by atoms with van der Waals surface area (Å²) in [6, 6.07) is 17.3. The summed E-state index contributed by atoms with van der Waals surface area (Å²) < 4.78 is 8.90. The average molecular weight is 450 g/mol. The molecule has 0 saturated heterocycles. The van der Waals surface area contributed by atoms with Gasteiger partial charge < -0.3 is 14.6 Å². The fraction of sp³-hybridized carbons (Fsp3) is 0.292. The molecule has 1 atom stereocenters. The number of para-hydroxylation sites is 2. The van der Waals surface area contributed by atoms with E-state index in [1.54, 1.807) is 30.6 Å². The molecule has 0 aliphatic carbocycles. The average Bonchev–Trinajstić information content (AvgIpc) is 3.37. The first-order chi connectivity index (χ1) is 15.5. The lowest BCUT2D eigenvalue weighted by Gasteiger charge is -2.18. The Bertz CT molecular complexity index is 1230. The van der Waals surface area contributed by atoms with Gasteiger partial charge in [0.1, 0.15) is 17.3 Å². The van der Waals surface area contributed by atoms with Crippen molar-refractivity contribution in [2.45, 2.75) is 12.5 Å². The van der Waals surface area contributed by atoms with Crippen LogP contribution < -0.4 is 10.1 Å². The van der Waals surface area contributed by atoms with Gasteiger partial charge in [-0.1, -0.05) is 12.1 Å². The van der Waals surface area contributed by atoms with Crippen molar-refractivity contribution in [3.63, 3.8) is 0 Å². The van der Waals surface area contributed by atoms with E-state index in [0.29, 0.717) is 5.69 Å². The summed E-state index contributed by atoms with van der Waals surface area (Å²) in [6.07, 6.45) is 2.85. The third-order valence-corrected chi connectivity index (χ3v) is 6.19. The number of benzene rings is 2. The Morgan fingerprint density at radius 2 is 1.91 bits per heavy atom. The van der Waals surface area contributed by atoms with Crippen LogP contribution in [0.2, 0.25) is 0 Å². The van der Waals surface area contributed by atoms with Gasteiger partial charge in [-0.25, -0.2) is 4.98 Å². The maximum Gasteiger partial charge on any atom is 0.270 e. The van der Waals surface area contributed by atoms with E-state index in [4.69, 9.17) is 9.72 Å². The Labute approximate surface area is 191 Å². The van der Waals surface area contributed by atoms with Crippen molar-refractivity contribution in [1.29, 1.82) is 0 Å². The van der Waals surface area contributed by atoms with Crippen LogP contribution in [-0.4, -0.2) is 44.4 Å². The zero-order valence-electron chi connectivity index (χ0n) is 18.7. The number of amides is 1. The van der Waals surface area contributed by atoms with Crippen molar-refractivity contribution in [2.24, 2.45) is 14.1 Å². The van der Waals surface area contributed by atoms with Crippen molar-refractivity contribution in [2.75, 3.05) is 19.1 Å². The summed E-state index contributed by atoms with van der Waals surface area (Å²) in [4.78, 5) is 18.1. The number of rotatable bonds is 8. The minimum Gasteiger partial charge on any atom is -0.497 e. The molecule has 0 saturated carbocycles. The van der Waals surface area contributed by atoms with E-state index in [1.807, 2.05) is 61.6 Å². The molecule has 166 valence electrons. The number of hydrogen-bond donors (Lipinski definition) is 1. The fourth-order valence-corrected chi connectivity index (χ4v) is 4.26. The van der Waals surface area contributed by atoms with Crippen LogP contribution in [0.1, 0.15) is 28.8 Å². The van der Waals surface area contributed by atoms with Gasteiger partial charge in [-0.2, -0.15) is 16.9 Å². The fourth-order valence-electron chi connectivity index (χ4n) is 3.79. The number of carbonyl (C=O) groups excluding carboxylic acids is 1. The molecule has 2 aromatic carbocycles. The number of methoxy groups -OCH3 is 1. The SMILES string of the molecule is COc1ccc(-c2cc(C(=O)NC(CCSC)c3nc4ccccc4n3C)n(C)n2)cc1. The first-order valence-corrected chi connectivity index (χ1v) is 11.8. The summed E-state index contributed by atoms with van der Waals surface area (Å²) in [5.74, 6) is 2.38. The van der Waals surface area contributed by atoms with Gasteiger partial charge in [0.15, 0.2) is 0 Å². The number of aryl methyl sites for hydroxylation is 2. The predicted molar refractivity (Wildman–Crippen MR) is 129 cm³/mol. The normalized spacial score (nSPS) is 12.1. The smallest absolute Gasteiger partial charge is 0.270 e. The molecule has 32 heavy (non-hydrogen) atoms. The van der Waals surface area contributed by atoms with Crippen LogP contribution in [0.15, 0.2) is 54.6 Å². The molecular formula is C24H27N5O2S. The van der Waals surface area contributed by atoms with E-state index in [9.17, 15) is 4.79 Å². The zero-order chi connectivity index (χ0) is 22.7. The Hall–Kier alpha value is -3.26. The second kappa shape index (κ2) is 9.48. The zero-order valence-corrected chi connectivity index (χ0v) is 19.5. The van der Waals surface area contributed by atoms with Crippen LogP contribution in [0.5, 0.6) is 5.75 Å². The second-order valence-corrected chi connectivity index (χ2v) is 8.58. The number of imidazole rings is 1. The van der Waals surface area contributed by atoms with Crippen molar-refractivity contribution < 1.29 is 9.53 Å². The third kappa shape index (κ3) is 4.36. The van der Waals surface area contributed by atoms with Crippen LogP contribution in [0.3, 0.4) is 0 Å². The number of hydrogen-bond acceptors (Lipinski definition) is 5. The minimum atomic E-state index is -0.202. The monoisotopic (exact) mass is 449 g/mol. The number of thioether (sulfide) groups is 1. The molecule has 0 radical (unpaired) electrons. The molecule has 1 unspecified atom stereocenters. The molecule has 0 fully saturated rings. The summed E-state index contributed by atoms with van der Waals surface area (Å²) >= 11 is 1.75. The van der Waals surface area contributed by atoms with E-state index in [1.165, 1.54) is 0 Å². The lowest BCUT2D eigenvalue weighted by molar-refractivity contribution is 0.0924. The van der Waals surface area contributed by atoms with Crippen LogP contribution in [-0.2, 0) is 14.1 Å². The lowest BCUT2D eigenvalue weighted by atomic mass is 10.1. The highest BCUT2D eigenvalue weighted by Gasteiger charge is 2.23.